The largest absolute Gasteiger partial charge is 0.437 e. The number of benzene rings is 3. The van der Waals surface area contributed by atoms with Crippen LogP contribution in [0.4, 0.5) is 11.7 Å². The Morgan fingerprint density at radius 2 is 1.61 bits per heavy atom. The summed E-state index contributed by atoms with van der Waals surface area (Å²) in [5.74, 6) is 1.23. The molecule has 5 rings (SSSR count). The fourth-order valence-corrected chi connectivity index (χ4v) is 3.75. The highest BCUT2D eigenvalue weighted by molar-refractivity contribution is 5.82. The van der Waals surface area contributed by atoms with E-state index in [0.717, 1.165) is 28.0 Å². The second-order valence-corrected chi connectivity index (χ2v) is 8.90. The third-order valence-corrected chi connectivity index (χ3v) is 5.41. The summed E-state index contributed by atoms with van der Waals surface area (Å²) in [5.41, 5.74) is 5.44. The number of oxazole rings is 1. The zero-order valence-electron chi connectivity index (χ0n) is 18.9. The maximum Gasteiger partial charge on any atom is 0.300 e. The van der Waals surface area contributed by atoms with Crippen LogP contribution >= 0.6 is 0 Å². The molecule has 0 amide bonds. The zero-order valence-corrected chi connectivity index (χ0v) is 18.9. The molecule has 2 heterocycles. The maximum absolute atomic E-state index is 6.25. The van der Waals surface area contributed by atoms with Gasteiger partial charge in [-0.3, -0.25) is 0 Å². The lowest BCUT2D eigenvalue weighted by atomic mass is 9.86. The third-order valence-electron chi connectivity index (χ3n) is 5.41. The van der Waals surface area contributed by atoms with Crippen molar-refractivity contribution in [2.75, 3.05) is 5.32 Å². The van der Waals surface area contributed by atoms with E-state index < -0.39 is 0 Å². The zero-order chi connectivity index (χ0) is 22.8. The molecule has 0 radical (unpaired) electrons. The molecule has 0 aliphatic heterocycles. The van der Waals surface area contributed by atoms with Crippen LogP contribution in [0, 0.1) is 0 Å². The second kappa shape index (κ2) is 8.43. The van der Waals surface area contributed by atoms with E-state index in [2.05, 4.69) is 54.3 Å². The van der Waals surface area contributed by atoms with Crippen molar-refractivity contribution in [2.45, 2.75) is 26.2 Å². The average Bonchev–Trinajstić information content (AvgIpc) is 3.22. The van der Waals surface area contributed by atoms with Crippen molar-refractivity contribution >= 4 is 22.8 Å². The number of pyridine rings is 1. The normalized spacial score (nSPS) is 11.5. The highest BCUT2D eigenvalue weighted by Crippen LogP contribution is 2.36. The summed E-state index contributed by atoms with van der Waals surface area (Å²) in [5, 5.41) is 3.23. The van der Waals surface area contributed by atoms with Crippen LogP contribution in [-0.4, -0.2) is 9.97 Å². The molecule has 3 aromatic carbocycles. The first kappa shape index (κ1) is 20.8. The highest BCUT2D eigenvalue weighted by atomic mass is 16.5. The number of ether oxygens (including phenoxy) is 1. The standard InChI is InChI=1S/C28H25N3O2/c1-28(2,3)21-12-7-8-14-24(21)32-26-22(13-9-17-29-26)30-27-31-23-18-20(15-16-25(23)33-27)19-10-5-4-6-11-19/h4-18H,1-3H3,(H,30,31). The van der Waals surface area contributed by atoms with Gasteiger partial charge in [-0.2, -0.15) is 4.98 Å². The van der Waals surface area contributed by atoms with Crippen molar-refractivity contribution in [3.8, 4) is 22.8 Å². The summed E-state index contributed by atoms with van der Waals surface area (Å²) in [6, 6.07) is 28.4. The fraction of sp³-hybridized carbons (Fsp3) is 0.143. The third kappa shape index (κ3) is 4.44. The van der Waals surface area contributed by atoms with E-state index in [0.29, 0.717) is 23.2 Å². The molecule has 5 nitrogen and oxygen atoms in total. The minimum Gasteiger partial charge on any atom is -0.437 e. The van der Waals surface area contributed by atoms with Crippen LogP contribution < -0.4 is 10.1 Å². The van der Waals surface area contributed by atoms with Gasteiger partial charge >= 0.3 is 0 Å². The Hall–Kier alpha value is -4.12. The van der Waals surface area contributed by atoms with Crippen LogP contribution in [0.25, 0.3) is 22.2 Å². The number of aromatic nitrogens is 2. The van der Waals surface area contributed by atoms with Crippen molar-refractivity contribution in [3.05, 3.63) is 96.7 Å². The summed E-state index contributed by atoms with van der Waals surface area (Å²) in [6.45, 7) is 6.48. The van der Waals surface area contributed by atoms with E-state index in [1.165, 1.54) is 0 Å². The van der Waals surface area contributed by atoms with E-state index in [1.54, 1.807) is 6.20 Å². The topological polar surface area (TPSA) is 60.2 Å². The minimum atomic E-state index is -0.0598. The van der Waals surface area contributed by atoms with Crippen molar-refractivity contribution in [1.82, 2.24) is 9.97 Å². The van der Waals surface area contributed by atoms with Gasteiger partial charge in [0.15, 0.2) is 5.58 Å². The lowest BCUT2D eigenvalue weighted by Gasteiger charge is -2.22. The Morgan fingerprint density at radius 3 is 2.42 bits per heavy atom. The lowest BCUT2D eigenvalue weighted by Crippen LogP contribution is -2.12. The van der Waals surface area contributed by atoms with Gasteiger partial charge < -0.3 is 14.5 Å². The molecule has 33 heavy (non-hydrogen) atoms. The molecular formula is C28H25N3O2. The van der Waals surface area contributed by atoms with Crippen molar-refractivity contribution in [1.29, 1.82) is 0 Å². The molecule has 0 saturated heterocycles. The molecule has 0 atom stereocenters. The molecule has 0 bridgehead atoms. The number of nitrogens with zero attached hydrogens (tertiary/aromatic N) is 2. The number of para-hydroxylation sites is 1. The van der Waals surface area contributed by atoms with Crippen LogP contribution in [0.3, 0.4) is 0 Å². The van der Waals surface area contributed by atoms with Crippen LogP contribution in [0.5, 0.6) is 11.6 Å². The fourth-order valence-electron chi connectivity index (χ4n) is 3.75. The summed E-state index contributed by atoms with van der Waals surface area (Å²) >= 11 is 0. The number of nitrogens with one attached hydrogen (secondary N) is 1. The number of anilines is 2. The molecule has 164 valence electrons. The van der Waals surface area contributed by atoms with Crippen LogP contribution in [0.1, 0.15) is 26.3 Å². The Labute approximate surface area is 193 Å². The van der Waals surface area contributed by atoms with Crippen molar-refractivity contribution in [3.63, 3.8) is 0 Å². The number of hydrogen-bond acceptors (Lipinski definition) is 5. The number of fused-ring (bicyclic) bond motifs is 1. The Kier molecular flexibility index (Phi) is 5.31. The summed E-state index contributed by atoms with van der Waals surface area (Å²) < 4.78 is 12.2. The predicted molar refractivity (Wildman–Crippen MR) is 132 cm³/mol. The van der Waals surface area contributed by atoms with Crippen LogP contribution in [-0.2, 0) is 5.41 Å². The second-order valence-electron chi connectivity index (χ2n) is 8.90. The van der Waals surface area contributed by atoms with Gasteiger partial charge in [0.05, 0.1) is 0 Å². The minimum absolute atomic E-state index is 0.0598. The van der Waals surface area contributed by atoms with E-state index in [4.69, 9.17) is 9.15 Å². The summed E-state index contributed by atoms with van der Waals surface area (Å²) in [4.78, 5) is 9.08. The highest BCUT2D eigenvalue weighted by Gasteiger charge is 2.20. The van der Waals surface area contributed by atoms with Gasteiger partial charge in [0.1, 0.15) is 17.0 Å². The number of hydrogen-bond donors (Lipinski definition) is 1. The smallest absolute Gasteiger partial charge is 0.300 e. The van der Waals surface area contributed by atoms with Gasteiger partial charge in [0, 0.05) is 11.8 Å². The lowest BCUT2D eigenvalue weighted by molar-refractivity contribution is 0.441. The van der Waals surface area contributed by atoms with Gasteiger partial charge in [-0.05, 0) is 46.9 Å². The SMILES string of the molecule is CC(C)(C)c1ccccc1Oc1ncccc1Nc1nc2cc(-c3ccccc3)ccc2o1. The molecule has 0 saturated carbocycles. The molecule has 1 N–H and O–H groups in total. The van der Waals surface area contributed by atoms with E-state index in [-0.39, 0.29) is 5.41 Å². The molecular weight excluding hydrogens is 410 g/mol. The van der Waals surface area contributed by atoms with Crippen LogP contribution in [0.15, 0.2) is 95.5 Å². The summed E-state index contributed by atoms with van der Waals surface area (Å²) in [7, 11) is 0. The quantitative estimate of drug-likeness (QED) is 0.306. The van der Waals surface area contributed by atoms with Gasteiger partial charge in [0.2, 0.25) is 5.88 Å². The molecule has 5 aromatic rings. The molecule has 0 spiro atoms. The Bertz CT molecular complexity index is 1400. The first-order valence-corrected chi connectivity index (χ1v) is 10.9. The van der Waals surface area contributed by atoms with Gasteiger partial charge in [0.25, 0.3) is 6.01 Å². The first-order chi connectivity index (χ1) is 16.0. The first-order valence-electron chi connectivity index (χ1n) is 10.9. The van der Waals surface area contributed by atoms with Gasteiger partial charge in [-0.25, -0.2) is 4.98 Å². The molecule has 0 aliphatic rings. The Morgan fingerprint density at radius 1 is 0.818 bits per heavy atom. The average molecular weight is 436 g/mol. The van der Waals surface area contributed by atoms with Crippen molar-refractivity contribution < 1.29 is 9.15 Å². The molecule has 0 unspecified atom stereocenters. The van der Waals surface area contributed by atoms with E-state index in [1.807, 2.05) is 66.7 Å². The molecule has 0 aliphatic carbocycles. The van der Waals surface area contributed by atoms with E-state index >= 15 is 0 Å². The Balaban J connectivity index is 1.44. The van der Waals surface area contributed by atoms with Crippen LogP contribution in [0.2, 0.25) is 0 Å². The van der Waals surface area contributed by atoms with Gasteiger partial charge in [-0.1, -0.05) is 75.4 Å². The molecule has 5 heteroatoms. The van der Waals surface area contributed by atoms with Gasteiger partial charge in [-0.15, -0.1) is 0 Å². The van der Waals surface area contributed by atoms with E-state index in [9.17, 15) is 0 Å². The number of rotatable bonds is 5. The summed E-state index contributed by atoms with van der Waals surface area (Å²) in [6.07, 6.45) is 1.71. The maximum atomic E-state index is 6.25. The molecule has 0 fully saturated rings. The van der Waals surface area contributed by atoms with Crippen molar-refractivity contribution in [2.24, 2.45) is 0 Å². The molecule has 2 aromatic heterocycles. The monoisotopic (exact) mass is 435 g/mol. The predicted octanol–water partition coefficient (Wildman–Crippen LogP) is 7.72.